The van der Waals surface area contributed by atoms with Crippen molar-refractivity contribution in [1.82, 2.24) is 0 Å². The van der Waals surface area contributed by atoms with Crippen molar-refractivity contribution in [2.45, 2.75) is 19.9 Å². The van der Waals surface area contributed by atoms with E-state index in [1.165, 1.54) is 11.3 Å². The highest BCUT2D eigenvalue weighted by Gasteiger charge is 2.10. The highest BCUT2D eigenvalue weighted by molar-refractivity contribution is 9.10. The number of rotatable bonds is 3. The summed E-state index contributed by atoms with van der Waals surface area (Å²) >= 11 is 3.56. The molecule has 0 bridgehead atoms. The molecule has 1 aromatic carbocycles. The zero-order valence-corrected chi connectivity index (χ0v) is 10.5. The average molecular weight is 257 g/mol. The standard InChI is InChI=1S/C11H17BrN2/c1-8-4-5-11(10(12)6-8)14(3)9(2)7-13/h4-6,9H,7,13H2,1-3H3. The normalized spacial score (nSPS) is 12.6. The molecule has 0 aromatic heterocycles. The van der Waals surface area contributed by atoms with Gasteiger partial charge in [-0.3, -0.25) is 0 Å². The maximum Gasteiger partial charge on any atom is 0.0511 e. The lowest BCUT2D eigenvalue weighted by Crippen LogP contribution is -2.35. The Bertz CT molecular complexity index is 312. The van der Waals surface area contributed by atoms with E-state index in [-0.39, 0.29) is 0 Å². The van der Waals surface area contributed by atoms with Crippen LogP contribution in [0.5, 0.6) is 0 Å². The molecule has 1 atom stereocenters. The van der Waals surface area contributed by atoms with Crippen LogP contribution in [0.25, 0.3) is 0 Å². The Balaban J connectivity index is 2.95. The predicted molar refractivity (Wildman–Crippen MR) is 65.8 cm³/mol. The first-order valence-electron chi connectivity index (χ1n) is 4.75. The molecule has 2 nitrogen and oxygen atoms in total. The maximum atomic E-state index is 5.63. The first kappa shape index (κ1) is 11.5. The molecule has 0 saturated carbocycles. The van der Waals surface area contributed by atoms with E-state index in [1.54, 1.807) is 0 Å². The van der Waals surface area contributed by atoms with Crippen molar-refractivity contribution >= 4 is 21.6 Å². The van der Waals surface area contributed by atoms with Crippen molar-refractivity contribution < 1.29 is 0 Å². The van der Waals surface area contributed by atoms with Gasteiger partial charge in [0, 0.05) is 24.1 Å². The zero-order chi connectivity index (χ0) is 10.7. The summed E-state index contributed by atoms with van der Waals surface area (Å²) in [6.45, 7) is 4.87. The molecule has 14 heavy (non-hydrogen) atoms. The quantitative estimate of drug-likeness (QED) is 0.901. The van der Waals surface area contributed by atoms with Gasteiger partial charge >= 0.3 is 0 Å². The highest BCUT2D eigenvalue weighted by atomic mass is 79.9. The Morgan fingerprint density at radius 1 is 1.50 bits per heavy atom. The fraction of sp³-hybridized carbons (Fsp3) is 0.455. The van der Waals surface area contributed by atoms with Crippen molar-refractivity contribution in [2.75, 3.05) is 18.5 Å². The Kier molecular flexibility index (Phi) is 3.96. The molecule has 0 radical (unpaired) electrons. The molecule has 2 N–H and O–H groups in total. The van der Waals surface area contributed by atoms with Gasteiger partial charge in [0.25, 0.3) is 0 Å². The molecule has 0 spiro atoms. The van der Waals surface area contributed by atoms with Gasteiger partial charge in [-0.15, -0.1) is 0 Å². The zero-order valence-electron chi connectivity index (χ0n) is 8.92. The molecule has 1 rings (SSSR count). The number of nitrogens with zero attached hydrogens (tertiary/aromatic N) is 1. The monoisotopic (exact) mass is 256 g/mol. The molecule has 3 heteroatoms. The summed E-state index contributed by atoms with van der Waals surface area (Å²) in [4.78, 5) is 2.18. The van der Waals surface area contributed by atoms with E-state index in [4.69, 9.17) is 5.73 Å². The summed E-state index contributed by atoms with van der Waals surface area (Å²) in [5.41, 5.74) is 8.08. The second kappa shape index (κ2) is 4.80. The molecular weight excluding hydrogens is 240 g/mol. The van der Waals surface area contributed by atoms with E-state index >= 15 is 0 Å². The van der Waals surface area contributed by atoms with Crippen molar-refractivity contribution in [1.29, 1.82) is 0 Å². The van der Waals surface area contributed by atoms with Crippen molar-refractivity contribution in [3.05, 3.63) is 28.2 Å². The smallest absolute Gasteiger partial charge is 0.0511 e. The van der Waals surface area contributed by atoms with Gasteiger partial charge in [-0.05, 0) is 47.5 Å². The second-order valence-corrected chi connectivity index (χ2v) is 4.50. The number of hydrogen-bond acceptors (Lipinski definition) is 2. The maximum absolute atomic E-state index is 5.63. The number of halogens is 1. The average Bonchev–Trinajstić information content (AvgIpc) is 2.15. The summed E-state index contributed by atoms with van der Waals surface area (Å²) in [5, 5.41) is 0. The van der Waals surface area contributed by atoms with Gasteiger partial charge in [-0.1, -0.05) is 6.07 Å². The third-order valence-electron chi connectivity index (χ3n) is 2.49. The molecule has 0 heterocycles. The van der Waals surface area contributed by atoms with E-state index in [0.29, 0.717) is 12.6 Å². The summed E-state index contributed by atoms with van der Waals surface area (Å²) in [7, 11) is 2.06. The molecule has 0 saturated heterocycles. The van der Waals surface area contributed by atoms with Crippen LogP contribution in [0.4, 0.5) is 5.69 Å². The Hall–Kier alpha value is -0.540. The SMILES string of the molecule is Cc1ccc(N(C)C(C)CN)c(Br)c1. The third-order valence-corrected chi connectivity index (χ3v) is 3.12. The van der Waals surface area contributed by atoms with Gasteiger partial charge < -0.3 is 10.6 Å². The Labute approximate surface area is 94.2 Å². The lowest BCUT2D eigenvalue weighted by Gasteiger charge is -2.27. The van der Waals surface area contributed by atoms with Crippen LogP contribution in [-0.2, 0) is 0 Å². The lowest BCUT2D eigenvalue weighted by atomic mass is 10.2. The first-order valence-corrected chi connectivity index (χ1v) is 5.54. The number of aryl methyl sites for hydroxylation is 1. The van der Waals surface area contributed by atoms with Gasteiger partial charge in [0.15, 0.2) is 0 Å². The summed E-state index contributed by atoms with van der Waals surface area (Å²) in [6.07, 6.45) is 0. The fourth-order valence-electron chi connectivity index (χ4n) is 1.29. The van der Waals surface area contributed by atoms with E-state index < -0.39 is 0 Å². The molecule has 0 fully saturated rings. The van der Waals surface area contributed by atoms with Crippen LogP contribution in [0, 0.1) is 6.92 Å². The van der Waals surface area contributed by atoms with Crippen molar-refractivity contribution in [2.24, 2.45) is 5.73 Å². The first-order chi connectivity index (χ1) is 6.56. The van der Waals surface area contributed by atoms with E-state index in [2.05, 4.69) is 59.9 Å². The van der Waals surface area contributed by atoms with E-state index in [1.807, 2.05) is 0 Å². The molecule has 0 amide bonds. The van der Waals surface area contributed by atoms with Crippen LogP contribution in [0.15, 0.2) is 22.7 Å². The van der Waals surface area contributed by atoms with Gasteiger partial charge in [0.2, 0.25) is 0 Å². The van der Waals surface area contributed by atoms with Gasteiger partial charge in [0.05, 0.1) is 5.69 Å². The van der Waals surface area contributed by atoms with E-state index in [0.717, 1.165) is 4.47 Å². The largest absolute Gasteiger partial charge is 0.370 e. The van der Waals surface area contributed by atoms with Gasteiger partial charge in [0.1, 0.15) is 0 Å². The number of anilines is 1. The summed E-state index contributed by atoms with van der Waals surface area (Å²) in [6, 6.07) is 6.70. The van der Waals surface area contributed by atoms with Crippen LogP contribution in [0.1, 0.15) is 12.5 Å². The van der Waals surface area contributed by atoms with Crippen LogP contribution in [0.3, 0.4) is 0 Å². The Morgan fingerprint density at radius 3 is 2.64 bits per heavy atom. The number of likely N-dealkylation sites (N-methyl/N-ethyl adjacent to an activating group) is 1. The molecule has 78 valence electrons. The Morgan fingerprint density at radius 2 is 2.14 bits per heavy atom. The van der Waals surface area contributed by atoms with Crippen molar-refractivity contribution in [3.63, 3.8) is 0 Å². The van der Waals surface area contributed by atoms with Gasteiger partial charge in [-0.2, -0.15) is 0 Å². The molecule has 0 aliphatic rings. The number of hydrogen-bond donors (Lipinski definition) is 1. The molecule has 1 unspecified atom stereocenters. The minimum Gasteiger partial charge on any atom is -0.370 e. The third kappa shape index (κ3) is 2.49. The second-order valence-electron chi connectivity index (χ2n) is 3.65. The number of nitrogens with two attached hydrogens (primary N) is 1. The summed E-state index contributed by atoms with van der Waals surface area (Å²) in [5.74, 6) is 0. The lowest BCUT2D eigenvalue weighted by molar-refractivity contribution is 0.694. The fourth-order valence-corrected chi connectivity index (χ4v) is 2.07. The van der Waals surface area contributed by atoms with Crippen LogP contribution in [0.2, 0.25) is 0 Å². The van der Waals surface area contributed by atoms with E-state index in [9.17, 15) is 0 Å². The van der Waals surface area contributed by atoms with Crippen LogP contribution < -0.4 is 10.6 Å². The summed E-state index contributed by atoms with van der Waals surface area (Å²) < 4.78 is 1.13. The molecular formula is C11H17BrN2. The van der Waals surface area contributed by atoms with Crippen LogP contribution >= 0.6 is 15.9 Å². The van der Waals surface area contributed by atoms with Crippen LogP contribution in [-0.4, -0.2) is 19.6 Å². The topological polar surface area (TPSA) is 29.3 Å². The molecule has 0 aliphatic heterocycles. The highest BCUT2D eigenvalue weighted by Crippen LogP contribution is 2.27. The van der Waals surface area contributed by atoms with Gasteiger partial charge in [-0.25, -0.2) is 0 Å². The molecule has 0 aliphatic carbocycles. The number of benzene rings is 1. The minimum absolute atomic E-state index is 0.356. The minimum atomic E-state index is 0.356. The predicted octanol–water partition coefficient (Wildman–Crippen LogP) is 2.54. The molecule has 1 aromatic rings. The van der Waals surface area contributed by atoms with Crippen molar-refractivity contribution in [3.8, 4) is 0 Å².